The first-order chi connectivity index (χ1) is 9.77. The standard InChI is InChI=1S/C18H30O2/c1-2-3-4-5-6-7-8-9-10-11-12-13-14-15-16-17-18(19)20/h9-10,12-13,15-16H,2-8,11,14,17H2,1H3,(H,19,20). The van der Waals surface area contributed by atoms with E-state index in [1.54, 1.807) is 6.08 Å². The summed E-state index contributed by atoms with van der Waals surface area (Å²) < 4.78 is 0. The van der Waals surface area contributed by atoms with Crippen LogP contribution in [0.2, 0.25) is 0 Å². The molecule has 0 fully saturated rings. The van der Waals surface area contributed by atoms with E-state index in [4.69, 9.17) is 5.11 Å². The summed E-state index contributed by atoms with van der Waals surface area (Å²) in [6.45, 7) is 2.25. The van der Waals surface area contributed by atoms with E-state index in [0.717, 1.165) is 12.8 Å². The second-order valence-electron chi connectivity index (χ2n) is 5.04. The molecule has 0 aromatic rings. The number of carboxylic acid groups (broad SMARTS) is 1. The summed E-state index contributed by atoms with van der Waals surface area (Å²) in [5, 5.41) is 8.44. The van der Waals surface area contributed by atoms with Crippen LogP contribution in [0.3, 0.4) is 0 Å². The molecule has 0 saturated heterocycles. The molecule has 2 nitrogen and oxygen atoms in total. The number of hydrogen-bond acceptors (Lipinski definition) is 1. The lowest BCUT2D eigenvalue weighted by Gasteiger charge is -1.97. The summed E-state index contributed by atoms with van der Waals surface area (Å²) in [5.74, 6) is -0.775. The van der Waals surface area contributed by atoms with Gasteiger partial charge in [-0.25, -0.2) is 0 Å². The van der Waals surface area contributed by atoms with E-state index >= 15 is 0 Å². The van der Waals surface area contributed by atoms with Crippen molar-refractivity contribution in [1.82, 2.24) is 0 Å². The largest absolute Gasteiger partial charge is 0.481 e. The minimum atomic E-state index is -0.775. The Morgan fingerprint density at radius 2 is 1.35 bits per heavy atom. The molecular weight excluding hydrogens is 248 g/mol. The number of carboxylic acids is 1. The third-order valence-corrected chi connectivity index (χ3v) is 3.06. The van der Waals surface area contributed by atoms with Crippen LogP contribution in [-0.4, -0.2) is 11.1 Å². The van der Waals surface area contributed by atoms with Crippen LogP contribution in [0.4, 0.5) is 0 Å². The average molecular weight is 278 g/mol. The Hall–Kier alpha value is -1.31. The Kier molecular flexibility index (Phi) is 14.7. The van der Waals surface area contributed by atoms with E-state index in [9.17, 15) is 4.79 Å². The van der Waals surface area contributed by atoms with Gasteiger partial charge in [-0.3, -0.25) is 4.79 Å². The molecule has 20 heavy (non-hydrogen) atoms. The normalized spacial score (nSPS) is 12.1. The lowest BCUT2D eigenvalue weighted by atomic mass is 10.1. The Morgan fingerprint density at radius 3 is 2.00 bits per heavy atom. The van der Waals surface area contributed by atoms with Gasteiger partial charge in [-0.05, 0) is 25.7 Å². The highest BCUT2D eigenvalue weighted by Gasteiger charge is 1.88. The van der Waals surface area contributed by atoms with E-state index in [2.05, 4.69) is 31.2 Å². The Morgan fingerprint density at radius 1 is 0.800 bits per heavy atom. The van der Waals surface area contributed by atoms with Crippen LogP contribution in [0.1, 0.15) is 71.1 Å². The number of rotatable bonds is 13. The van der Waals surface area contributed by atoms with Crippen molar-refractivity contribution in [3.8, 4) is 0 Å². The molecule has 0 amide bonds. The quantitative estimate of drug-likeness (QED) is 0.348. The maximum atomic E-state index is 10.3. The van der Waals surface area contributed by atoms with Crippen LogP contribution in [0.15, 0.2) is 36.5 Å². The first-order valence-corrected chi connectivity index (χ1v) is 7.94. The van der Waals surface area contributed by atoms with Gasteiger partial charge in [0.1, 0.15) is 0 Å². The zero-order chi connectivity index (χ0) is 14.9. The zero-order valence-electron chi connectivity index (χ0n) is 12.9. The zero-order valence-corrected chi connectivity index (χ0v) is 12.9. The fourth-order valence-electron chi connectivity index (χ4n) is 1.89. The van der Waals surface area contributed by atoms with E-state index in [-0.39, 0.29) is 6.42 Å². The Labute approximate surface area is 124 Å². The highest BCUT2D eigenvalue weighted by atomic mass is 16.4. The van der Waals surface area contributed by atoms with Gasteiger partial charge in [-0.2, -0.15) is 0 Å². The number of carbonyl (C=O) groups is 1. The molecule has 0 spiro atoms. The number of aliphatic carboxylic acids is 1. The predicted octanol–water partition coefficient (Wildman–Crippen LogP) is 5.66. The molecule has 0 aliphatic heterocycles. The SMILES string of the molecule is CCCCCCCCC=CCC=CCC=CCC(=O)O. The van der Waals surface area contributed by atoms with Gasteiger partial charge in [0.15, 0.2) is 0 Å². The van der Waals surface area contributed by atoms with Gasteiger partial charge < -0.3 is 5.11 Å². The van der Waals surface area contributed by atoms with Crippen molar-refractivity contribution >= 4 is 5.97 Å². The third kappa shape index (κ3) is 16.7. The smallest absolute Gasteiger partial charge is 0.307 e. The van der Waals surface area contributed by atoms with Crippen molar-refractivity contribution in [3.05, 3.63) is 36.5 Å². The average Bonchev–Trinajstić information content (AvgIpc) is 2.43. The molecule has 2 heteroatoms. The molecule has 0 aromatic heterocycles. The van der Waals surface area contributed by atoms with Gasteiger partial charge >= 0.3 is 5.97 Å². The van der Waals surface area contributed by atoms with Crippen LogP contribution < -0.4 is 0 Å². The predicted molar refractivity (Wildman–Crippen MR) is 86.9 cm³/mol. The van der Waals surface area contributed by atoms with Crippen LogP contribution in [-0.2, 0) is 4.79 Å². The number of allylic oxidation sites excluding steroid dienone is 5. The lowest BCUT2D eigenvalue weighted by Crippen LogP contribution is -1.89. The summed E-state index contributed by atoms with van der Waals surface area (Å²) >= 11 is 0. The second-order valence-corrected chi connectivity index (χ2v) is 5.04. The number of hydrogen-bond donors (Lipinski definition) is 1. The Balaban J connectivity index is 3.30. The molecular formula is C18H30O2. The van der Waals surface area contributed by atoms with Gasteiger partial charge in [-0.15, -0.1) is 0 Å². The summed E-state index contributed by atoms with van der Waals surface area (Å²) in [7, 11) is 0. The molecule has 0 aromatic carbocycles. The molecule has 0 rings (SSSR count). The molecule has 0 radical (unpaired) electrons. The van der Waals surface area contributed by atoms with E-state index in [0.29, 0.717) is 0 Å². The van der Waals surface area contributed by atoms with Crippen molar-refractivity contribution in [1.29, 1.82) is 0 Å². The fraction of sp³-hybridized carbons (Fsp3) is 0.611. The maximum absolute atomic E-state index is 10.3. The minimum Gasteiger partial charge on any atom is -0.481 e. The van der Waals surface area contributed by atoms with Gasteiger partial charge in [0.2, 0.25) is 0 Å². The fourth-order valence-corrected chi connectivity index (χ4v) is 1.89. The molecule has 0 heterocycles. The van der Waals surface area contributed by atoms with Gasteiger partial charge in [0.25, 0.3) is 0 Å². The van der Waals surface area contributed by atoms with E-state index < -0.39 is 5.97 Å². The molecule has 0 aliphatic rings. The summed E-state index contributed by atoms with van der Waals surface area (Å²) in [4.78, 5) is 10.3. The maximum Gasteiger partial charge on any atom is 0.307 e. The van der Waals surface area contributed by atoms with Gasteiger partial charge in [-0.1, -0.05) is 75.5 Å². The summed E-state index contributed by atoms with van der Waals surface area (Å²) in [6, 6.07) is 0. The van der Waals surface area contributed by atoms with Gasteiger partial charge in [0, 0.05) is 0 Å². The summed E-state index contributed by atoms with van der Waals surface area (Å²) in [5.41, 5.74) is 0. The number of unbranched alkanes of at least 4 members (excludes halogenated alkanes) is 6. The van der Waals surface area contributed by atoms with Crippen LogP contribution in [0.25, 0.3) is 0 Å². The van der Waals surface area contributed by atoms with Crippen LogP contribution in [0, 0.1) is 0 Å². The molecule has 0 aliphatic carbocycles. The highest BCUT2D eigenvalue weighted by Crippen LogP contribution is 2.07. The van der Waals surface area contributed by atoms with Crippen molar-refractivity contribution in [3.63, 3.8) is 0 Å². The molecule has 114 valence electrons. The highest BCUT2D eigenvalue weighted by molar-refractivity contribution is 5.68. The van der Waals surface area contributed by atoms with Gasteiger partial charge in [0.05, 0.1) is 6.42 Å². The van der Waals surface area contributed by atoms with Crippen molar-refractivity contribution in [2.24, 2.45) is 0 Å². The molecule has 0 bridgehead atoms. The molecule has 1 N–H and O–H groups in total. The first-order valence-electron chi connectivity index (χ1n) is 7.94. The van der Waals surface area contributed by atoms with Crippen LogP contribution >= 0.6 is 0 Å². The third-order valence-electron chi connectivity index (χ3n) is 3.06. The topological polar surface area (TPSA) is 37.3 Å². The van der Waals surface area contributed by atoms with Crippen molar-refractivity contribution in [2.45, 2.75) is 71.1 Å². The van der Waals surface area contributed by atoms with Crippen molar-refractivity contribution in [2.75, 3.05) is 0 Å². The minimum absolute atomic E-state index is 0.117. The first kappa shape index (κ1) is 18.7. The van der Waals surface area contributed by atoms with E-state index in [1.807, 2.05) is 6.08 Å². The lowest BCUT2D eigenvalue weighted by molar-refractivity contribution is -0.136. The van der Waals surface area contributed by atoms with E-state index in [1.165, 1.54) is 44.9 Å². The van der Waals surface area contributed by atoms with Crippen LogP contribution in [0.5, 0.6) is 0 Å². The monoisotopic (exact) mass is 278 g/mol. The van der Waals surface area contributed by atoms with Crippen molar-refractivity contribution < 1.29 is 9.90 Å². The molecule has 0 saturated carbocycles. The summed E-state index contributed by atoms with van der Waals surface area (Å²) in [6.07, 6.45) is 23.5. The Bertz CT molecular complexity index is 301. The molecule has 0 unspecified atom stereocenters. The second kappa shape index (κ2) is 15.7. The molecule has 0 atom stereocenters.